The summed E-state index contributed by atoms with van der Waals surface area (Å²) in [6, 6.07) is 11.0. The van der Waals surface area contributed by atoms with Crippen LogP contribution < -0.4 is 0 Å². The summed E-state index contributed by atoms with van der Waals surface area (Å²) in [5.41, 5.74) is 8.53. The zero-order valence-electron chi connectivity index (χ0n) is 17.0. The van der Waals surface area contributed by atoms with Gasteiger partial charge in [-0.3, -0.25) is 21.4 Å². The number of nitrogens with one attached hydrogen (secondary N) is 1. The SMILES string of the molecule is CC1CN(C(=O)C[NH-])C(C)CN1Cc1ccccc1.[CH2-]C(=O)OCC.[CH3-].[Y+3]. The van der Waals surface area contributed by atoms with Gasteiger partial charge < -0.3 is 22.8 Å². The second-order valence-electron chi connectivity index (χ2n) is 6.14. The van der Waals surface area contributed by atoms with Gasteiger partial charge in [-0.2, -0.15) is 0 Å². The first-order chi connectivity index (χ1) is 11.9. The van der Waals surface area contributed by atoms with E-state index in [1.54, 1.807) is 6.92 Å². The maximum Gasteiger partial charge on any atom is 3.00 e. The molecule has 1 aromatic rings. The number of carbonyl (C=O) groups excluding carboxylic acids is 2. The molecular formula is C20H32N3O3Y. The Morgan fingerprint density at radius 3 is 2.22 bits per heavy atom. The molecule has 1 aliphatic heterocycles. The summed E-state index contributed by atoms with van der Waals surface area (Å²) in [6.07, 6.45) is 0. The minimum absolute atomic E-state index is 0. The third-order valence-electron chi connectivity index (χ3n) is 4.12. The van der Waals surface area contributed by atoms with Gasteiger partial charge in [0, 0.05) is 31.7 Å². The topological polar surface area (TPSA) is 73.7 Å². The summed E-state index contributed by atoms with van der Waals surface area (Å²) in [7, 11) is 0. The summed E-state index contributed by atoms with van der Waals surface area (Å²) in [5.74, 6) is -0.517. The zero-order chi connectivity index (χ0) is 18.8. The van der Waals surface area contributed by atoms with Crippen LogP contribution in [0.5, 0.6) is 0 Å². The van der Waals surface area contributed by atoms with Crippen LogP contribution in [-0.4, -0.2) is 60.0 Å². The van der Waals surface area contributed by atoms with Crippen molar-refractivity contribution in [2.75, 3.05) is 26.2 Å². The Hall–Kier alpha value is -0.946. The Kier molecular flexibility index (Phi) is 15.7. The average Bonchev–Trinajstić information content (AvgIpc) is 2.58. The molecule has 0 spiro atoms. The third-order valence-corrected chi connectivity index (χ3v) is 4.12. The first-order valence-corrected chi connectivity index (χ1v) is 8.59. The second kappa shape index (κ2) is 15.0. The molecule has 1 aromatic carbocycles. The molecule has 27 heavy (non-hydrogen) atoms. The number of ether oxygens (including phenoxy) is 1. The van der Waals surface area contributed by atoms with Crippen molar-refractivity contribution in [1.82, 2.24) is 9.80 Å². The molecule has 6 nitrogen and oxygen atoms in total. The molecule has 148 valence electrons. The summed E-state index contributed by atoms with van der Waals surface area (Å²) in [6.45, 7) is 11.7. The van der Waals surface area contributed by atoms with Crippen LogP contribution >= 0.6 is 0 Å². The first-order valence-electron chi connectivity index (χ1n) is 8.59. The van der Waals surface area contributed by atoms with E-state index in [9.17, 15) is 9.59 Å². The van der Waals surface area contributed by atoms with E-state index in [2.05, 4.69) is 54.7 Å². The molecule has 2 atom stereocenters. The van der Waals surface area contributed by atoms with Gasteiger partial charge in [-0.1, -0.05) is 36.9 Å². The molecule has 0 radical (unpaired) electrons. The van der Waals surface area contributed by atoms with Crippen molar-refractivity contribution in [1.29, 1.82) is 0 Å². The van der Waals surface area contributed by atoms with Crippen LogP contribution in [0, 0.1) is 14.4 Å². The molecule has 0 saturated carbocycles. The van der Waals surface area contributed by atoms with Crippen molar-refractivity contribution in [3.63, 3.8) is 0 Å². The molecule has 1 aliphatic rings. The van der Waals surface area contributed by atoms with Crippen molar-refractivity contribution in [3.8, 4) is 0 Å². The molecule has 1 fully saturated rings. The Balaban J connectivity index is 0. The largest absolute Gasteiger partial charge is 3.00 e. The van der Waals surface area contributed by atoms with E-state index in [0.717, 1.165) is 19.6 Å². The molecule has 0 bridgehead atoms. The third kappa shape index (κ3) is 10.2. The van der Waals surface area contributed by atoms with Crippen molar-refractivity contribution in [3.05, 3.63) is 56.0 Å². The first kappa shape index (κ1) is 28.3. The molecule has 1 amide bonds. The van der Waals surface area contributed by atoms with Crippen molar-refractivity contribution in [2.24, 2.45) is 0 Å². The Morgan fingerprint density at radius 2 is 1.78 bits per heavy atom. The van der Waals surface area contributed by atoms with Crippen LogP contribution in [0.15, 0.2) is 30.3 Å². The number of amides is 1. The van der Waals surface area contributed by atoms with Crippen LogP contribution in [0.1, 0.15) is 26.3 Å². The zero-order valence-corrected chi connectivity index (χ0v) is 19.8. The van der Waals surface area contributed by atoms with Gasteiger partial charge in [-0.05, 0) is 26.3 Å². The van der Waals surface area contributed by atoms with Gasteiger partial charge in [0.05, 0.1) is 6.61 Å². The molecule has 7 heteroatoms. The molecule has 2 unspecified atom stereocenters. The number of rotatable bonds is 4. The summed E-state index contributed by atoms with van der Waals surface area (Å²) in [4.78, 5) is 25.7. The van der Waals surface area contributed by atoms with Crippen molar-refractivity contribution >= 4 is 11.9 Å². The van der Waals surface area contributed by atoms with E-state index in [0.29, 0.717) is 12.6 Å². The van der Waals surface area contributed by atoms with Gasteiger partial charge in [0.1, 0.15) is 0 Å². The Bertz CT molecular complexity index is 543. The summed E-state index contributed by atoms with van der Waals surface area (Å²) in [5, 5.41) is 0. The number of benzene rings is 1. The van der Waals surface area contributed by atoms with E-state index in [4.69, 9.17) is 5.73 Å². The standard InChI is InChI=1S/C15H22N3O.C4H7O2.CH3.Y/c1-12-10-18(15(19)8-16)13(2)9-17(12)11-14-6-4-3-5-7-14;1-3-6-4(2)5;;/h3-7,12-13,16H,8-11H2,1-2H3;2-3H2,1H3;1H3;/q3*-1;+3. The van der Waals surface area contributed by atoms with Gasteiger partial charge in [0.2, 0.25) is 5.91 Å². The summed E-state index contributed by atoms with van der Waals surface area (Å²) >= 11 is 0. The number of hydrogen-bond donors (Lipinski definition) is 0. The van der Waals surface area contributed by atoms with Gasteiger partial charge in [0.25, 0.3) is 0 Å². The molecule has 1 N–H and O–H groups in total. The molecule has 0 aliphatic carbocycles. The molecular weight excluding hydrogens is 419 g/mol. The number of piperazine rings is 1. The van der Waals surface area contributed by atoms with Gasteiger partial charge >= 0.3 is 32.7 Å². The van der Waals surface area contributed by atoms with Crippen molar-refractivity contribution in [2.45, 2.75) is 39.4 Å². The molecule has 2 rings (SSSR count). The average molecular weight is 451 g/mol. The minimum atomic E-state index is -0.461. The quantitative estimate of drug-likeness (QED) is 0.521. The van der Waals surface area contributed by atoms with Gasteiger partial charge in [0.15, 0.2) is 5.97 Å². The van der Waals surface area contributed by atoms with E-state index in [-0.39, 0.29) is 58.6 Å². The smallest absolute Gasteiger partial charge is 0.670 e. The monoisotopic (exact) mass is 451 g/mol. The van der Waals surface area contributed by atoms with E-state index in [1.165, 1.54) is 5.56 Å². The van der Waals surface area contributed by atoms with E-state index in [1.807, 2.05) is 11.0 Å². The Labute approximate surface area is 189 Å². The normalized spacial score (nSPS) is 18.9. The number of carbonyl (C=O) groups is 2. The predicted octanol–water partition coefficient (Wildman–Crippen LogP) is 2.99. The van der Waals surface area contributed by atoms with Crippen LogP contribution in [-0.2, 0) is 53.6 Å². The maximum atomic E-state index is 11.7. The van der Waals surface area contributed by atoms with Crippen LogP contribution in [0.25, 0.3) is 5.73 Å². The van der Waals surface area contributed by atoms with Crippen LogP contribution in [0.3, 0.4) is 0 Å². The predicted molar refractivity (Wildman–Crippen MR) is 105 cm³/mol. The molecule has 1 heterocycles. The number of nitrogens with zero attached hydrogens (tertiary/aromatic N) is 2. The van der Waals surface area contributed by atoms with Crippen molar-refractivity contribution < 1.29 is 47.0 Å². The van der Waals surface area contributed by atoms with Gasteiger partial charge in [-0.25, -0.2) is 0 Å². The number of hydrogen-bond acceptors (Lipinski definition) is 4. The second-order valence-corrected chi connectivity index (χ2v) is 6.14. The van der Waals surface area contributed by atoms with Crippen LogP contribution in [0.2, 0.25) is 0 Å². The fraction of sp³-hybridized carbons (Fsp3) is 0.500. The van der Waals surface area contributed by atoms with E-state index >= 15 is 0 Å². The maximum absolute atomic E-state index is 11.7. The minimum Gasteiger partial charge on any atom is -0.670 e. The van der Waals surface area contributed by atoms with Crippen LogP contribution in [0.4, 0.5) is 0 Å². The molecule has 0 aromatic heterocycles. The van der Waals surface area contributed by atoms with E-state index < -0.39 is 5.97 Å². The molecule has 1 saturated heterocycles. The Morgan fingerprint density at radius 1 is 1.19 bits per heavy atom. The summed E-state index contributed by atoms with van der Waals surface area (Å²) < 4.78 is 4.29. The van der Waals surface area contributed by atoms with Gasteiger partial charge in [-0.15, -0.1) is 0 Å². The fourth-order valence-electron chi connectivity index (χ4n) is 2.85. The fourth-order valence-corrected chi connectivity index (χ4v) is 2.85. The number of esters is 1.